The van der Waals surface area contributed by atoms with Crippen molar-refractivity contribution in [3.63, 3.8) is 0 Å². The molecule has 0 aromatic carbocycles. The van der Waals surface area contributed by atoms with Crippen molar-refractivity contribution >= 4 is 23.3 Å². The molecular formula is C18H23N3O5Zr. The molecule has 1 atom stereocenters. The second-order valence-electron chi connectivity index (χ2n) is 6.79. The monoisotopic (exact) mass is 451 g/mol. The van der Waals surface area contributed by atoms with Gasteiger partial charge in [-0.1, -0.05) is 6.92 Å². The number of hydrogen-bond donors (Lipinski definition) is 1. The van der Waals surface area contributed by atoms with E-state index < -0.39 is 11.9 Å². The summed E-state index contributed by atoms with van der Waals surface area (Å²) in [5.74, 6) is -2.05. The molecule has 144 valence electrons. The number of rotatable bonds is 6. The van der Waals surface area contributed by atoms with Gasteiger partial charge in [0.05, 0.1) is 5.70 Å². The first kappa shape index (κ1) is 21.5. The Labute approximate surface area is 177 Å². The van der Waals surface area contributed by atoms with Crippen molar-refractivity contribution in [3.05, 3.63) is 23.2 Å². The fourth-order valence-electron chi connectivity index (χ4n) is 2.91. The summed E-state index contributed by atoms with van der Waals surface area (Å²) in [4.78, 5) is 51.1. The molecule has 0 radical (unpaired) electrons. The second kappa shape index (κ2) is 8.50. The third-order valence-electron chi connectivity index (χ3n) is 4.69. The first-order valence-corrected chi connectivity index (χ1v) is 8.88. The summed E-state index contributed by atoms with van der Waals surface area (Å²) in [5, 5.41) is 8.32. The van der Waals surface area contributed by atoms with Crippen molar-refractivity contribution in [1.29, 1.82) is 0 Å². The van der Waals surface area contributed by atoms with E-state index in [9.17, 15) is 19.2 Å². The van der Waals surface area contributed by atoms with Crippen molar-refractivity contribution < 1.29 is 50.5 Å². The van der Waals surface area contributed by atoms with Crippen LogP contribution in [0.1, 0.15) is 20.3 Å². The number of Topliss-reactive ketones (excluding diaryl/α,β-unsaturated/α-hetero) is 2. The summed E-state index contributed by atoms with van der Waals surface area (Å²) in [7, 11) is 0. The molecule has 4 aliphatic rings. The first-order valence-electron chi connectivity index (χ1n) is 8.88. The Balaban J connectivity index is 0.000000228. The van der Waals surface area contributed by atoms with Gasteiger partial charge in [-0.05, 0) is 13.3 Å². The van der Waals surface area contributed by atoms with Crippen molar-refractivity contribution in [1.82, 2.24) is 14.7 Å². The Morgan fingerprint density at radius 3 is 1.81 bits per heavy atom. The average Bonchev–Trinajstić information content (AvgIpc) is 3.43. The van der Waals surface area contributed by atoms with Crippen LogP contribution in [0.15, 0.2) is 23.2 Å². The minimum absolute atomic E-state index is 0. The van der Waals surface area contributed by atoms with Crippen molar-refractivity contribution in [3.8, 4) is 0 Å². The maximum atomic E-state index is 12.4. The Morgan fingerprint density at radius 1 is 1.00 bits per heavy atom. The molecule has 3 heterocycles. The molecule has 1 N–H and O–H groups in total. The summed E-state index contributed by atoms with van der Waals surface area (Å²) in [6.07, 6.45) is 1.90. The molecule has 9 heteroatoms. The molecule has 0 saturated carbocycles. The molecule has 1 unspecified atom stereocenters. The fourth-order valence-corrected chi connectivity index (χ4v) is 2.91. The molecule has 3 aliphatic heterocycles. The van der Waals surface area contributed by atoms with Crippen LogP contribution in [0.5, 0.6) is 0 Å². The van der Waals surface area contributed by atoms with Crippen LogP contribution in [-0.2, 0) is 45.4 Å². The normalized spacial score (nSPS) is 21.0. The van der Waals surface area contributed by atoms with E-state index in [4.69, 9.17) is 5.11 Å². The van der Waals surface area contributed by atoms with Crippen LogP contribution >= 0.6 is 0 Å². The number of carboxylic acids is 1. The van der Waals surface area contributed by atoms with Crippen LogP contribution in [0.25, 0.3) is 0 Å². The third-order valence-corrected chi connectivity index (χ3v) is 4.69. The SMILES string of the molecule is CCC(C(C)=O)C(=O)O.O=C1C=C(N2CC2)C(=O)C(N2CC2)=C1N1CC1.[Zr]. The minimum atomic E-state index is -1.02. The number of carboxylic acid groups (broad SMARTS) is 1. The molecule has 8 nitrogen and oxygen atoms in total. The summed E-state index contributed by atoms with van der Waals surface area (Å²) >= 11 is 0. The van der Waals surface area contributed by atoms with Gasteiger partial charge >= 0.3 is 5.97 Å². The topological polar surface area (TPSA) is 97.5 Å². The average molecular weight is 453 g/mol. The molecule has 4 rings (SSSR count). The van der Waals surface area contributed by atoms with Gasteiger partial charge in [0.15, 0.2) is 0 Å². The summed E-state index contributed by atoms with van der Waals surface area (Å²) in [6, 6.07) is 0. The number of ketones is 3. The molecule has 0 aromatic rings. The van der Waals surface area contributed by atoms with E-state index in [1.54, 1.807) is 6.92 Å². The second-order valence-corrected chi connectivity index (χ2v) is 6.79. The Hall–Kier alpha value is -1.76. The van der Waals surface area contributed by atoms with E-state index in [0.29, 0.717) is 23.5 Å². The minimum Gasteiger partial charge on any atom is -0.481 e. The summed E-state index contributed by atoms with van der Waals surface area (Å²) < 4.78 is 0. The predicted molar refractivity (Wildman–Crippen MR) is 91.9 cm³/mol. The maximum Gasteiger partial charge on any atom is 0.314 e. The molecule has 0 bridgehead atoms. The van der Waals surface area contributed by atoms with Gasteiger partial charge in [-0.15, -0.1) is 0 Å². The van der Waals surface area contributed by atoms with E-state index in [-0.39, 0.29) is 43.6 Å². The Morgan fingerprint density at radius 2 is 1.48 bits per heavy atom. The molecule has 27 heavy (non-hydrogen) atoms. The zero-order chi connectivity index (χ0) is 19.0. The number of carbonyl (C=O) groups is 4. The number of hydrogen-bond acceptors (Lipinski definition) is 7. The van der Waals surface area contributed by atoms with Gasteiger partial charge in [-0.2, -0.15) is 0 Å². The molecule has 3 fully saturated rings. The summed E-state index contributed by atoms with van der Waals surface area (Å²) in [5.41, 5.74) is 1.89. The molecule has 0 amide bonds. The van der Waals surface area contributed by atoms with Gasteiger partial charge in [-0.25, -0.2) is 0 Å². The van der Waals surface area contributed by atoms with Gasteiger partial charge in [0.2, 0.25) is 11.6 Å². The molecular weight excluding hydrogens is 429 g/mol. The number of carbonyl (C=O) groups excluding carboxylic acids is 3. The van der Waals surface area contributed by atoms with E-state index in [1.807, 2.05) is 14.7 Å². The van der Waals surface area contributed by atoms with Crippen molar-refractivity contribution in [2.24, 2.45) is 5.92 Å². The molecule has 0 aromatic heterocycles. The van der Waals surface area contributed by atoms with Crippen LogP contribution in [0.2, 0.25) is 0 Å². The maximum absolute atomic E-state index is 12.4. The van der Waals surface area contributed by atoms with Crippen LogP contribution < -0.4 is 0 Å². The van der Waals surface area contributed by atoms with Crippen LogP contribution in [-0.4, -0.2) is 82.4 Å². The number of aliphatic carboxylic acids is 1. The van der Waals surface area contributed by atoms with Gasteiger partial charge < -0.3 is 19.8 Å². The fraction of sp³-hybridized carbons (Fsp3) is 0.556. The van der Waals surface area contributed by atoms with Gasteiger partial charge in [0.1, 0.15) is 23.1 Å². The van der Waals surface area contributed by atoms with Gasteiger partial charge in [0.25, 0.3) is 0 Å². The van der Waals surface area contributed by atoms with E-state index >= 15 is 0 Å². The van der Waals surface area contributed by atoms with Crippen molar-refractivity contribution in [2.45, 2.75) is 20.3 Å². The summed E-state index contributed by atoms with van der Waals surface area (Å²) in [6.45, 7) is 8.38. The van der Waals surface area contributed by atoms with Gasteiger partial charge in [-0.3, -0.25) is 19.2 Å². The van der Waals surface area contributed by atoms with Gasteiger partial charge in [0, 0.05) is 71.5 Å². The quantitative estimate of drug-likeness (QED) is 0.338. The largest absolute Gasteiger partial charge is 0.481 e. The molecule has 3 saturated heterocycles. The Kier molecular flexibility index (Phi) is 6.79. The number of allylic oxidation sites excluding steroid dienone is 1. The third kappa shape index (κ3) is 4.95. The van der Waals surface area contributed by atoms with Crippen LogP contribution in [0.4, 0.5) is 0 Å². The smallest absolute Gasteiger partial charge is 0.314 e. The van der Waals surface area contributed by atoms with E-state index in [2.05, 4.69) is 0 Å². The zero-order valence-electron chi connectivity index (χ0n) is 15.5. The van der Waals surface area contributed by atoms with Crippen molar-refractivity contribution in [2.75, 3.05) is 39.3 Å². The van der Waals surface area contributed by atoms with Crippen LogP contribution in [0, 0.1) is 5.92 Å². The number of nitrogens with zero attached hydrogens (tertiary/aromatic N) is 3. The van der Waals surface area contributed by atoms with E-state index in [1.165, 1.54) is 13.0 Å². The van der Waals surface area contributed by atoms with E-state index in [0.717, 1.165) is 39.3 Å². The Bertz CT molecular complexity index is 719. The predicted octanol–water partition coefficient (Wildman–Crippen LogP) is -0.136. The molecule has 1 aliphatic carbocycles. The molecule has 0 spiro atoms. The first-order chi connectivity index (χ1) is 12.3. The van der Waals surface area contributed by atoms with Crippen LogP contribution in [0.3, 0.4) is 0 Å². The standard InChI is InChI=1S/C12H13N3O2.C6H10O3.Zr/c16-9-7-8(13-1-2-13)12(17)11(15-5-6-15)10(9)14-3-4-14;1-3-5(4(2)7)6(8)9;/h7H,1-6H2;5H,3H2,1-2H3,(H,8,9);. The zero-order valence-corrected chi connectivity index (χ0v) is 18.0.